The van der Waals surface area contributed by atoms with Gasteiger partial charge in [0.25, 0.3) is 0 Å². The van der Waals surface area contributed by atoms with E-state index in [0.29, 0.717) is 23.4 Å². The number of rotatable bonds is 8. The van der Waals surface area contributed by atoms with Crippen LogP contribution in [0, 0.1) is 0 Å². The molecule has 2 aromatic rings. The predicted molar refractivity (Wildman–Crippen MR) is 103 cm³/mol. The first-order chi connectivity index (χ1) is 14.8. The summed E-state index contributed by atoms with van der Waals surface area (Å²) in [7, 11) is 1.51. The van der Waals surface area contributed by atoms with E-state index in [4.69, 9.17) is 9.47 Å². The maximum absolute atomic E-state index is 13.3. The second-order valence-electron chi connectivity index (χ2n) is 6.97. The standard InChI is InChI=1S/C20H22F4N4O3/c1-30-4-5-31-18-7-13(12-2-3-17(26-9-12)20(22,23)24)6-15(28-18)11-27-19(29)16-8-14(21)10-25-16/h2-3,6-7,9,14,16,25H,4-5,8,10-11H2,1H3,(H,27,29)/t14-,16+/m1/s1. The Kier molecular flexibility index (Phi) is 7.39. The fraction of sp³-hybridized carbons (Fsp3) is 0.450. The number of aromatic nitrogens is 2. The number of halogens is 4. The average Bonchev–Trinajstić information content (AvgIpc) is 3.18. The van der Waals surface area contributed by atoms with Gasteiger partial charge in [-0.15, -0.1) is 0 Å². The zero-order valence-electron chi connectivity index (χ0n) is 16.7. The Balaban J connectivity index is 1.78. The molecular formula is C20H22F4N4O3. The van der Waals surface area contributed by atoms with Crippen molar-refractivity contribution in [2.75, 3.05) is 26.9 Å². The molecule has 0 bridgehead atoms. The molecule has 0 aromatic carbocycles. The van der Waals surface area contributed by atoms with E-state index >= 15 is 0 Å². The minimum Gasteiger partial charge on any atom is -0.475 e. The highest BCUT2D eigenvalue weighted by Crippen LogP contribution is 2.30. The highest BCUT2D eigenvalue weighted by Gasteiger charge is 2.32. The van der Waals surface area contributed by atoms with E-state index in [9.17, 15) is 22.4 Å². The third-order valence-corrected chi connectivity index (χ3v) is 4.62. The van der Waals surface area contributed by atoms with Gasteiger partial charge in [-0.25, -0.2) is 9.37 Å². The molecule has 0 aliphatic carbocycles. The molecule has 31 heavy (non-hydrogen) atoms. The summed E-state index contributed by atoms with van der Waals surface area (Å²) in [5.41, 5.74) is 0.380. The number of pyridine rings is 2. The molecule has 11 heteroatoms. The molecule has 1 fully saturated rings. The predicted octanol–water partition coefficient (Wildman–Crippen LogP) is 2.50. The minimum absolute atomic E-state index is 0.0382. The molecule has 1 saturated heterocycles. The molecule has 2 N–H and O–H groups in total. The fourth-order valence-corrected chi connectivity index (χ4v) is 3.05. The quantitative estimate of drug-likeness (QED) is 0.483. The van der Waals surface area contributed by atoms with Crippen molar-refractivity contribution in [2.24, 2.45) is 0 Å². The lowest BCUT2D eigenvalue weighted by atomic mass is 10.1. The molecule has 2 aromatic heterocycles. The lowest BCUT2D eigenvalue weighted by Gasteiger charge is -2.13. The SMILES string of the molecule is COCCOc1cc(-c2ccc(C(F)(F)F)nc2)cc(CNC(=O)[C@@H]2C[C@@H](F)CN2)n1. The van der Waals surface area contributed by atoms with Gasteiger partial charge in [-0.05, 0) is 17.7 Å². The van der Waals surface area contributed by atoms with Crippen molar-refractivity contribution in [3.05, 3.63) is 41.9 Å². The molecule has 1 aliphatic rings. The van der Waals surface area contributed by atoms with E-state index < -0.39 is 24.1 Å². The van der Waals surface area contributed by atoms with E-state index in [1.54, 1.807) is 12.1 Å². The Bertz CT molecular complexity index is 893. The van der Waals surface area contributed by atoms with E-state index in [1.165, 1.54) is 13.2 Å². The molecule has 1 amide bonds. The highest BCUT2D eigenvalue weighted by atomic mass is 19.4. The van der Waals surface area contributed by atoms with Gasteiger partial charge in [0.2, 0.25) is 11.8 Å². The number of alkyl halides is 4. The van der Waals surface area contributed by atoms with Crippen LogP contribution in [0.1, 0.15) is 17.8 Å². The Hall–Kier alpha value is -2.79. The number of carbonyl (C=O) groups is 1. The molecule has 0 unspecified atom stereocenters. The van der Waals surface area contributed by atoms with Crippen molar-refractivity contribution in [2.45, 2.75) is 31.4 Å². The van der Waals surface area contributed by atoms with Crippen molar-refractivity contribution >= 4 is 5.91 Å². The van der Waals surface area contributed by atoms with Crippen molar-refractivity contribution < 1.29 is 31.8 Å². The van der Waals surface area contributed by atoms with Crippen molar-refractivity contribution in [3.63, 3.8) is 0 Å². The molecule has 0 radical (unpaired) electrons. The number of ether oxygens (including phenoxy) is 2. The normalized spacial score (nSPS) is 18.7. The first kappa shape index (κ1) is 22.9. The third kappa shape index (κ3) is 6.34. The highest BCUT2D eigenvalue weighted by molar-refractivity contribution is 5.82. The van der Waals surface area contributed by atoms with Crippen LogP contribution >= 0.6 is 0 Å². The van der Waals surface area contributed by atoms with Crippen LogP contribution in [0.2, 0.25) is 0 Å². The summed E-state index contributed by atoms with van der Waals surface area (Å²) < 4.78 is 62.1. The molecule has 0 spiro atoms. The average molecular weight is 442 g/mol. The van der Waals surface area contributed by atoms with Gasteiger partial charge in [-0.3, -0.25) is 9.78 Å². The third-order valence-electron chi connectivity index (χ3n) is 4.62. The van der Waals surface area contributed by atoms with Gasteiger partial charge in [0.1, 0.15) is 18.5 Å². The van der Waals surface area contributed by atoms with Crippen LogP contribution in [0.5, 0.6) is 5.88 Å². The second-order valence-corrected chi connectivity index (χ2v) is 6.97. The minimum atomic E-state index is -4.53. The number of methoxy groups -OCH3 is 1. The zero-order chi connectivity index (χ0) is 22.4. The smallest absolute Gasteiger partial charge is 0.433 e. The van der Waals surface area contributed by atoms with Gasteiger partial charge in [0.15, 0.2) is 0 Å². The largest absolute Gasteiger partial charge is 0.475 e. The maximum atomic E-state index is 13.3. The van der Waals surface area contributed by atoms with Gasteiger partial charge in [0.05, 0.1) is 24.9 Å². The number of nitrogens with zero attached hydrogens (tertiary/aromatic N) is 2. The van der Waals surface area contributed by atoms with Crippen LogP contribution in [0.3, 0.4) is 0 Å². The molecule has 3 rings (SSSR count). The van der Waals surface area contributed by atoms with Crippen LogP contribution < -0.4 is 15.4 Å². The van der Waals surface area contributed by atoms with E-state index in [-0.39, 0.29) is 37.9 Å². The Morgan fingerprint density at radius 2 is 2.06 bits per heavy atom. The lowest BCUT2D eigenvalue weighted by molar-refractivity contribution is -0.141. The summed E-state index contributed by atoms with van der Waals surface area (Å²) in [6, 6.07) is 4.76. The molecule has 2 atom stereocenters. The lowest BCUT2D eigenvalue weighted by Crippen LogP contribution is -2.40. The summed E-state index contributed by atoms with van der Waals surface area (Å²) in [6.45, 7) is 0.701. The van der Waals surface area contributed by atoms with E-state index in [1.807, 2.05) is 0 Å². The molecule has 0 saturated carbocycles. The van der Waals surface area contributed by atoms with E-state index in [2.05, 4.69) is 20.6 Å². The molecule has 1 aliphatic heterocycles. The number of hydrogen-bond donors (Lipinski definition) is 2. The molecule has 3 heterocycles. The monoisotopic (exact) mass is 442 g/mol. The zero-order valence-corrected chi connectivity index (χ0v) is 16.7. The van der Waals surface area contributed by atoms with Crippen molar-refractivity contribution in [3.8, 4) is 17.0 Å². The van der Waals surface area contributed by atoms with Crippen LogP contribution in [-0.4, -0.2) is 55.0 Å². The van der Waals surface area contributed by atoms with Crippen molar-refractivity contribution in [1.82, 2.24) is 20.6 Å². The fourth-order valence-electron chi connectivity index (χ4n) is 3.05. The van der Waals surface area contributed by atoms with E-state index in [0.717, 1.165) is 12.3 Å². The van der Waals surface area contributed by atoms with Crippen LogP contribution in [0.15, 0.2) is 30.5 Å². The summed E-state index contributed by atoms with van der Waals surface area (Å²) in [6.07, 6.45) is -4.39. The van der Waals surface area contributed by atoms with Crippen LogP contribution in [0.4, 0.5) is 17.6 Å². The van der Waals surface area contributed by atoms with Gasteiger partial charge in [0, 0.05) is 37.9 Å². The summed E-state index contributed by atoms with van der Waals surface area (Å²) in [5.74, 6) is -0.132. The number of hydrogen-bond acceptors (Lipinski definition) is 6. The summed E-state index contributed by atoms with van der Waals surface area (Å²) >= 11 is 0. The first-order valence-electron chi connectivity index (χ1n) is 9.57. The van der Waals surface area contributed by atoms with Gasteiger partial charge in [-0.1, -0.05) is 6.07 Å². The number of amides is 1. The Morgan fingerprint density at radius 1 is 1.26 bits per heavy atom. The molecular weight excluding hydrogens is 420 g/mol. The number of nitrogens with one attached hydrogen (secondary N) is 2. The Morgan fingerprint density at radius 3 is 2.68 bits per heavy atom. The number of carbonyl (C=O) groups excluding carboxylic acids is 1. The first-order valence-corrected chi connectivity index (χ1v) is 9.57. The van der Waals surface area contributed by atoms with Crippen LogP contribution in [-0.2, 0) is 22.3 Å². The van der Waals surface area contributed by atoms with Crippen LogP contribution in [0.25, 0.3) is 11.1 Å². The molecule has 7 nitrogen and oxygen atoms in total. The summed E-state index contributed by atoms with van der Waals surface area (Å²) in [5, 5.41) is 5.48. The topological polar surface area (TPSA) is 85.4 Å². The van der Waals surface area contributed by atoms with Gasteiger partial charge >= 0.3 is 6.18 Å². The van der Waals surface area contributed by atoms with Crippen molar-refractivity contribution in [1.29, 1.82) is 0 Å². The van der Waals surface area contributed by atoms with Gasteiger partial charge in [-0.2, -0.15) is 13.2 Å². The Labute approximate surface area is 176 Å². The second kappa shape index (κ2) is 10.0. The van der Waals surface area contributed by atoms with Gasteiger partial charge < -0.3 is 20.1 Å². The summed E-state index contributed by atoms with van der Waals surface area (Å²) in [4.78, 5) is 20.0. The maximum Gasteiger partial charge on any atom is 0.433 e. The molecule has 168 valence electrons.